The van der Waals surface area contributed by atoms with E-state index in [1.165, 1.54) is 18.6 Å². The highest BCUT2D eigenvalue weighted by Gasteiger charge is 2.20. The van der Waals surface area contributed by atoms with Crippen molar-refractivity contribution in [1.82, 2.24) is 10.6 Å². The van der Waals surface area contributed by atoms with Crippen molar-refractivity contribution < 1.29 is 18.8 Å². The van der Waals surface area contributed by atoms with Crippen LogP contribution in [0.5, 0.6) is 0 Å². The van der Waals surface area contributed by atoms with E-state index < -0.39 is 11.9 Å². The molecule has 9 heteroatoms. The number of anilines is 2. The maximum absolute atomic E-state index is 12.3. The Balaban J connectivity index is 1.61. The molecule has 2 heterocycles. The fourth-order valence-corrected chi connectivity index (χ4v) is 2.98. The highest BCUT2D eigenvalue weighted by molar-refractivity contribution is 6.33. The van der Waals surface area contributed by atoms with Crippen molar-refractivity contribution in [2.24, 2.45) is 0 Å². The van der Waals surface area contributed by atoms with E-state index in [2.05, 4.69) is 16.0 Å². The molecule has 1 aromatic heterocycles. The summed E-state index contributed by atoms with van der Waals surface area (Å²) in [6, 6.07) is 5.84. The number of furan rings is 1. The van der Waals surface area contributed by atoms with Crippen LogP contribution >= 0.6 is 11.6 Å². The third kappa shape index (κ3) is 4.59. The molecule has 1 aliphatic rings. The highest BCUT2D eigenvalue weighted by Crippen LogP contribution is 2.29. The number of nitrogens with one attached hydrogen (secondary N) is 3. The summed E-state index contributed by atoms with van der Waals surface area (Å²) in [6.07, 6.45) is 2.69. The molecule has 0 saturated carbocycles. The summed E-state index contributed by atoms with van der Waals surface area (Å²) in [5.41, 5.74) is 1.57. The van der Waals surface area contributed by atoms with Gasteiger partial charge in [0, 0.05) is 18.8 Å². The van der Waals surface area contributed by atoms with E-state index in [1.54, 1.807) is 25.1 Å². The molecule has 1 aromatic carbocycles. The van der Waals surface area contributed by atoms with E-state index in [0.717, 1.165) is 5.69 Å². The molecule has 8 nitrogen and oxygen atoms in total. The van der Waals surface area contributed by atoms with Gasteiger partial charge in [-0.1, -0.05) is 11.6 Å². The number of piperazine rings is 1. The fourth-order valence-electron chi connectivity index (χ4n) is 2.68. The summed E-state index contributed by atoms with van der Waals surface area (Å²) < 4.78 is 4.85. The molecule has 1 aliphatic heterocycles. The van der Waals surface area contributed by atoms with Gasteiger partial charge in [0.15, 0.2) is 0 Å². The third-order valence-electron chi connectivity index (χ3n) is 4.12. The van der Waals surface area contributed by atoms with Crippen LogP contribution in [0.15, 0.2) is 41.2 Å². The van der Waals surface area contributed by atoms with Crippen LogP contribution in [0.4, 0.5) is 11.4 Å². The Bertz CT molecular complexity index is 853. The first-order chi connectivity index (χ1) is 12.9. The number of carbonyl (C=O) groups excluding carboxylic acids is 3. The lowest BCUT2D eigenvalue weighted by Gasteiger charge is -2.29. The third-order valence-corrected chi connectivity index (χ3v) is 4.42. The smallest absolute Gasteiger partial charge is 0.255 e. The average Bonchev–Trinajstić information content (AvgIpc) is 3.16. The van der Waals surface area contributed by atoms with Crippen molar-refractivity contribution >= 4 is 40.7 Å². The van der Waals surface area contributed by atoms with Gasteiger partial charge in [0.25, 0.3) is 5.91 Å². The Kier molecular flexibility index (Phi) is 5.66. The van der Waals surface area contributed by atoms with E-state index in [0.29, 0.717) is 29.4 Å². The molecule has 142 valence electrons. The van der Waals surface area contributed by atoms with Crippen LogP contribution < -0.4 is 20.9 Å². The van der Waals surface area contributed by atoms with Gasteiger partial charge in [0.05, 0.1) is 29.1 Å². The van der Waals surface area contributed by atoms with Crippen molar-refractivity contribution in [3.8, 4) is 0 Å². The van der Waals surface area contributed by atoms with Gasteiger partial charge in [-0.15, -0.1) is 0 Å². The quantitative estimate of drug-likeness (QED) is 0.719. The summed E-state index contributed by atoms with van der Waals surface area (Å²) in [6.45, 7) is 3.04. The summed E-state index contributed by atoms with van der Waals surface area (Å²) in [5.74, 6) is -0.840. The second-order valence-corrected chi connectivity index (χ2v) is 6.54. The average molecular weight is 391 g/mol. The number of nitrogens with zero attached hydrogens (tertiary/aromatic N) is 1. The van der Waals surface area contributed by atoms with Crippen molar-refractivity contribution in [1.29, 1.82) is 0 Å². The Hall–Kier alpha value is -3.00. The fraction of sp³-hybridized carbons (Fsp3) is 0.278. The van der Waals surface area contributed by atoms with Crippen LogP contribution in [0.25, 0.3) is 0 Å². The van der Waals surface area contributed by atoms with Crippen LogP contribution in [0.2, 0.25) is 5.02 Å². The number of hydrogen-bond acceptors (Lipinski definition) is 5. The molecule has 0 aliphatic carbocycles. The number of benzene rings is 1. The van der Waals surface area contributed by atoms with Gasteiger partial charge < -0.3 is 25.3 Å². The topological polar surface area (TPSA) is 104 Å². The summed E-state index contributed by atoms with van der Waals surface area (Å²) >= 11 is 6.32. The van der Waals surface area contributed by atoms with Crippen LogP contribution in [0, 0.1) is 0 Å². The van der Waals surface area contributed by atoms with Crippen LogP contribution in [0.3, 0.4) is 0 Å². The Labute approximate surface area is 160 Å². The van der Waals surface area contributed by atoms with Crippen molar-refractivity contribution in [3.05, 3.63) is 47.4 Å². The zero-order chi connectivity index (χ0) is 19.4. The molecule has 27 heavy (non-hydrogen) atoms. The molecule has 0 radical (unpaired) electrons. The number of halogens is 1. The summed E-state index contributed by atoms with van der Waals surface area (Å²) in [5, 5.41) is 8.49. The SMILES string of the molecule is C[C@@H](NC(=O)c1ccoc1)C(=O)Nc1ccc(N2CCNC(=O)C2)c(Cl)c1. The number of amides is 3. The van der Waals surface area contributed by atoms with Gasteiger partial charge in [-0.05, 0) is 31.2 Å². The van der Waals surface area contributed by atoms with Crippen molar-refractivity contribution in [2.75, 3.05) is 29.9 Å². The summed E-state index contributed by atoms with van der Waals surface area (Å²) in [4.78, 5) is 37.7. The van der Waals surface area contributed by atoms with Gasteiger partial charge in [-0.2, -0.15) is 0 Å². The number of hydrogen-bond donors (Lipinski definition) is 3. The van der Waals surface area contributed by atoms with E-state index in [4.69, 9.17) is 16.0 Å². The van der Waals surface area contributed by atoms with Crippen LogP contribution in [-0.2, 0) is 9.59 Å². The number of rotatable bonds is 5. The standard InChI is InChI=1S/C18H19ClN4O4/c1-11(21-18(26)12-4-7-27-10-12)17(25)22-13-2-3-15(14(19)8-13)23-6-5-20-16(24)9-23/h2-4,7-8,10-11H,5-6,9H2,1H3,(H,20,24)(H,21,26)(H,22,25)/t11-/m1/s1. The molecule has 1 saturated heterocycles. The molecule has 1 fully saturated rings. The molecular weight excluding hydrogens is 372 g/mol. The number of carbonyl (C=O) groups is 3. The normalized spacial score (nSPS) is 15.0. The van der Waals surface area contributed by atoms with E-state index in [9.17, 15) is 14.4 Å². The molecule has 3 rings (SSSR count). The van der Waals surface area contributed by atoms with Gasteiger partial charge in [-0.3, -0.25) is 14.4 Å². The minimum atomic E-state index is -0.753. The van der Waals surface area contributed by atoms with Gasteiger partial charge in [-0.25, -0.2) is 0 Å². The minimum absolute atomic E-state index is 0.0584. The maximum Gasteiger partial charge on any atom is 0.255 e. The monoisotopic (exact) mass is 390 g/mol. The Morgan fingerprint density at radius 1 is 1.33 bits per heavy atom. The predicted molar refractivity (Wildman–Crippen MR) is 101 cm³/mol. The molecule has 3 amide bonds. The lowest BCUT2D eigenvalue weighted by Crippen LogP contribution is -2.47. The Morgan fingerprint density at radius 2 is 2.15 bits per heavy atom. The lowest BCUT2D eigenvalue weighted by molar-refractivity contribution is -0.120. The molecule has 0 unspecified atom stereocenters. The van der Waals surface area contributed by atoms with Gasteiger partial charge in [0.1, 0.15) is 12.3 Å². The van der Waals surface area contributed by atoms with E-state index in [1.807, 2.05) is 4.90 Å². The van der Waals surface area contributed by atoms with Crippen molar-refractivity contribution in [3.63, 3.8) is 0 Å². The maximum atomic E-state index is 12.3. The minimum Gasteiger partial charge on any atom is -0.472 e. The second kappa shape index (κ2) is 8.13. The van der Waals surface area contributed by atoms with Crippen molar-refractivity contribution in [2.45, 2.75) is 13.0 Å². The molecule has 0 spiro atoms. The van der Waals surface area contributed by atoms with E-state index in [-0.39, 0.29) is 18.4 Å². The first kappa shape index (κ1) is 18.8. The molecule has 3 N–H and O–H groups in total. The highest BCUT2D eigenvalue weighted by atomic mass is 35.5. The van der Waals surface area contributed by atoms with Gasteiger partial charge in [0.2, 0.25) is 11.8 Å². The lowest BCUT2D eigenvalue weighted by atomic mass is 10.2. The first-order valence-corrected chi connectivity index (χ1v) is 8.77. The molecule has 0 bridgehead atoms. The van der Waals surface area contributed by atoms with Crippen LogP contribution in [0.1, 0.15) is 17.3 Å². The second-order valence-electron chi connectivity index (χ2n) is 6.13. The Morgan fingerprint density at radius 3 is 2.81 bits per heavy atom. The zero-order valence-electron chi connectivity index (χ0n) is 14.6. The zero-order valence-corrected chi connectivity index (χ0v) is 15.4. The largest absolute Gasteiger partial charge is 0.472 e. The van der Waals surface area contributed by atoms with Crippen LogP contribution in [-0.4, -0.2) is 43.4 Å². The molecular formula is C18H19ClN4O4. The first-order valence-electron chi connectivity index (χ1n) is 8.39. The predicted octanol–water partition coefficient (Wildman–Crippen LogP) is 1.63. The van der Waals surface area contributed by atoms with E-state index >= 15 is 0 Å². The van der Waals surface area contributed by atoms with Gasteiger partial charge >= 0.3 is 0 Å². The summed E-state index contributed by atoms with van der Waals surface area (Å²) in [7, 11) is 0. The molecule has 1 atom stereocenters. The molecule has 2 aromatic rings.